The fraction of sp³-hybridized carbons (Fsp3) is 0.316. The van der Waals surface area contributed by atoms with Crippen molar-refractivity contribution in [2.75, 3.05) is 49.0 Å². The Hall–Kier alpha value is -5.94. The number of phenols is 1. The van der Waals surface area contributed by atoms with E-state index in [-0.39, 0.29) is 60.9 Å². The lowest BCUT2D eigenvalue weighted by Gasteiger charge is -2.32. The summed E-state index contributed by atoms with van der Waals surface area (Å²) in [6, 6.07) is 20.3. The summed E-state index contributed by atoms with van der Waals surface area (Å²) in [6.45, 7) is 1.19. The van der Waals surface area contributed by atoms with Crippen LogP contribution in [0, 0.1) is 5.82 Å². The number of aromatic hydroxyl groups is 1. The number of nitrogens with zero attached hydrogens (tertiary/aromatic N) is 2. The first kappa shape index (κ1) is 37.4. The van der Waals surface area contributed by atoms with E-state index in [9.17, 15) is 32.7 Å². The molecule has 7 rings (SSSR count). The number of likely N-dealkylation sites (tertiary alicyclic amines) is 1. The molecule has 4 aromatic carbocycles. The fourth-order valence-corrected chi connectivity index (χ4v) is 8.12. The molecule has 4 aromatic rings. The monoisotopic (exact) mass is 774 g/mol. The minimum atomic E-state index is -4.35. The van der Waals surface area contributed by atoms with Gasteiger partial charge in [-0.1, -0.05) is 30.3 Å². The van der Waals surface area contributed by atoms with Crippen LogP contribution in [0.3, 0.4) is 0 Å². The highest BCUT2D eigenvalue weighted by molar-refractivity contribution is 7.92. The number of fused-ring (bicyclic) bond motifs is 1. The summed E-state index contributed by atoms with van der Waals surface area (Å²) in [6.07, 6.45) is 2.27. The molecule has 17 heteroatoms. The van der Waals surface area contributed by atoms with E-state index >= 15 is 4.39 Å². The third kappa shape index (κ3) is 8.57. The minimum Gasteiger partial charge on any atom is -0.506 e. The van der Waals surface area contributed by atoms with Crippen molar-refractivity contribution in [3.8, 4) is 23.0 Å². The summed E-state index contributed by atoms with van der Waals surface area (Å²) in [4.78, 5) is 50.6. The molecule has 3 saturated heterocycles. The lowest BCUT2D eigenvalue weighted by Crippen LogP contribution is -2.47. The van der Waals surface area contributed by atoms with Crippen LogP contribution in [0.1, 0.15) is 37.2 Å². The van der Waals surface area contributed by atoms with Gasteiger partial charge in [-0.15, -0.1) is 0 Å². The maximum Gasteiger partial charge on any atom is 0.326 e. The molecule has 0 bridgehead atoms. The number of amides is 4. The first-order chi connectivity index (χ1) is 26.4. The smallest absolute Gasteiger partial charge is 0.326 e. The standard InChI is InChI=1S/C38H39FN6O9S/c39-36-28-20-27(8-6-25(28)18-31(46)37(36)45-22-35(49)43-55(45,51)52)53-17-14-40-34(48)21-44-15-12-23(13-16-44)24-7-9-29(41-30-10-11-33(47)42-38(30)50)32(19-24)54-26-4-2-1-3-5-26/h1-9,18-20,23,30,41,46H,10-17,21-22H2,(H,40,48)(H,43,49)(H,42,47,50). The molecule has 3 aliphatic heterocycles. The van der Waals surface area contributed by atoms with Gasteiger partial charge in [-0.3, -0.25) is 29.4 Å². The first-order valence-corrected chi connectivity index (χ1v) is 19.2. The normalized spacial score (nSPS) is 18.8. The molecule has 3 aliphatic rings. The Morgan fingerprint density at radius 3 is 2.45 bits per heavy atom. The van der Waals surface area contributed by atoms with Gasteiger partial charge >= 0.3 is 10.2 Å². The number of rotatable bonds is 12. The van der Waals surface area contributed by atoms with E-state index in [0.29, 0.717) is 46.4 Å². The summed E-state index contributed by atoms with van der Waals surface area (Å²) in [5.74, 6) is -1.64. The van der Waals surface area contributed by atoms with Crippen LogP contribution in [0.15, 0.2) is 72.8 Å². The van der Waals surface area contributed by atoms with Crippen LogP contribution in [0.25, 0.3) is 10.8 Å². The van der Waals surface area contributed by atoms with Gasteiger partial charge < -0.3 is 25.2 Å². The number of imide groups is 1. The number of nitrogens with one attached hydrogen (secondary N) is 4. The maximum absolute atomic E-state index is 15.5. The first-order valence-electron chi connectivity index (χ1n) is 17.8. The van der Waals surface area contributed by atoms with Crippen molar-refractivity contribution in [3.63, 3.8) is 0 Å². The van der Waals surface area contributed by atoms with Crippen LogP contribution in [-0.4, -0.2) is 87.4 Å². The van der Waals surface area contributed by atoms with Crippen molar-refractivity contribution >= 4 is 56.0 Å². The number of carbonyl (C=O) groups is 4. The largest absolute Gasteiger partial charge is 0.506 e. The van der Waals surface area contributed by atoms with Crippen LogP contribution in [0.4, 0.5) is 15.8 Å². The maximum atomic E-state index is 15.5. The predicted molar refractivity (Wildman–Crippen MR) is 200 cm³/mol. The van der Waals surface area contributed by atoms with Crippen LogP contribution in [0.2, 0.25) is 0 Å². The molecular formula is C38H39FN6O9S. The average molecular weight is 775 g/mol. The average Bonchev–Trinajstić information content (AvgIpc) is 3.43. The molecule has 0 radical (unpaired) electrons. The summed E-state index contributed by atoms with van der Waals surface area (Å²) in [5, 5.41) is 19.1. The van der Waals surface area contributed by atoms with E-state index in [4.69, 9.17) is 9.47 Å². The molecule has 55 heavy (non-hydrogen) atoms. The molecule has 15 nitrogen and oxygen atoms in total. The van der Waals surface area contributed by atoms with Gasteiger partial charge in [0.2, 0.25) is 17.7 Å². The highest BCUT2D eigenvalue weighted by Gasteiger charge is 2.38. The lowest BCUT2D eigenvalue weighted by molar-refractivity contribution is -0.133. The number of halogens is 1. The molecule has 0 spiro atoms. The Balaban J connectivity index is 0.906. The minimum absolute atomic E-state index is 0.0212. The molecular weight excluding hydrogens is 736 g/mol. The number of para-hydroxylation sites is 1. The summed E-state index contributed by atoms with van der Waals surface area (Å²) in [7, 11) is -4.35. The zero-order valence-electron chi connectivity index (χ0n) is 29.5. The van der Waals surface area contributed by atoms with Gasteiger partial charge in [-0.2, -0.15) is 8.42 Å². The summed E-state index contributed by atoms with van der Waals surface area (Å²) in [5.41, 5.74) is 1.09. The Kier molecular flexibility index (Phi) is 10.7. The van der Waals surface area contributed by atoms with E-state index in [1.165, 1.54) is 18.2 Å². The third-order valence-corrected chi connectivity index (χ3v) is 11.1. The van der Waals surface area contributed by atoms with Crippen molar-refractivity contribution in [1.82, 2.24) is 20.3 Å². The molecule has 288 valence electrons. The zero-order valence-corrected chi connectivity index (χ0v) is 30.4. The number of hydrogen-bond donors (Lipinski definition) is 5. The van der Waals surface area contributed by atoms with Gasteiger partial charge in [0.25, 0.3) is 5.91 Å². The van der Waals surface area contributed by atoms with Gasteiger partial charge in [0.05, 0.1) is 18.8 Å². The van der Waals surface area contributed by atoms with Crippen LogP contribution < -0.4 is 34.5 Å². The number of anilines is 2. The van der Waals surface area contributed by atoms with Crippen molar-refractivity contribution in [2.45, 2.75) is 37.6 Å². The van der Waals surface area contributed by atoms with E-state index in [1.807, 2.05) is 48.5 Å². The molecule has 0 aromatic heterocycles. The van der Waals surface area contributed by atoms with Crippen LogP contribution in [-0.2, 0) is 29.4 Å². The highest BCUT2D eigenvalue weighted by atomic mass is 32.2. The van der Waals surface area contributed by atoms with E-state index < -0.39 is 46.0 Å². The quantitative estimate of drug-likeness (QED) is 0.105. The van der Waals surface area contributed by atoms with Gasteiger partial charge in [0.1, 0.15) is 42.1 Å². The number of benzene rings is 4. The number of phenolic OH excluding ortho intramolecular Hbond substituents is 1. The lowest BCUT2D eigenvalue weighted by atomic mass is 9.89. The highest BCUT2D eigenvalue weighted by Crippen LogP contribution is 2.40. The van der Waals surface area contributed by atoms with Gasteiger partial charge in [0, 0.05) is 11.8 Å². The number of hydrogen-bond acceptors (Lipinski definition) is 11. The van der Waals surface area contributed by atoms with E-state index in [2.05, 4.69) is 20.9 Å². The van der Waals surface area contributed by atoms with Crippen molar-refractivity contribution in [2.24, 2.45) is 0 Å². The third-order valence-electron chi connectivity index (χ3n) is 9.74. The summed E-state index contributed by atoms with van der Waals surface area (Å²) >= 11 is 0. The van der Waals surface area contributed by atoms with Crippen molar-refractivity contribution < 1.29 is 46.6 Å². The second-order valence-corrected chi connectivity index (χ2v) is 15.1. The fourth-order valence-electron chi connectivity index (χ4n) is 6.95. The molecule has 0 saturated carbocycles. The molecule has 4 amide bonds. The number of piperidine rings is 2. The Morgan fingerprint density at radius 1 is 0.945 bits per heavy atom. The van der Waals surface area contributed by atoms with Crippen LogP contribution in [0.5, 0.6) is 23.0 Å². The Labute approximate surface area is 315 Å². The second kappa shape index (κ2) is 15.8. The SMILES string of the molecule is O=C(CN1CCC(c2ccc(NC3CCC(=O)NC3=O)c(Oc3ccccc3)c2)CC1)NCCOc1ccc2cc(O)c(N3CC(=O)NS3(=O)=O)c(F)c2c1. The predicted octanol–water partition coefficient (Wildman–Crippen LogP) is 3.25. The molecule has 3 heterocycles. The topological polar surface area (TPSA) is 196 Å². The van der Waals surface area contributed by atoms with Gasteiger partial charge in [-0.25, -0.2) is 13.4 Å². The second-order valence-electron chi connectivity index (χ2n) is 13.5. The molecule has 1 unspecified atom stereocenters. The number of carbonyl (C=O) groups excluding carboxylic acids is 4. The number of ether oxygens (including phenoxy) is 2. The Morgan fingerprint density at radius 2 is 1.73 bits per heavy atom. The van der Waals surface area contributed by atoms with Crippen molar-refractivity contribution in [3.05, 3.63) is 84.2 Å². The molecule has 5 N–H and O–H groups in total. The van der Waals surface area contributed by atoms with E-state index in [1.54, 1.807) is 10.8 Å². The summed E-state index contributed by atoms with van der Waals surface area (Å²) < 4.78 is 54.3. The van der Waals surface area contributed by atoms with E-state index in [0.717, 1.165) is 18.4 Å². The van der Waals surface area contributed by atoms with Crippen LogP contribution >= 0.6 is 0 Å². The zero-order chi connectivity index (χ0) is 38.7. The molecule has 3 fully saturated rings. The molecule has 1 atom stereocenters. The Bertz CT molecular complexity index is 2250. The van der Waals surface area contributed by atoms with Gasteiger partial charge in [0.15, 0.2) is 11.6 Å². The van der Waals surface area contributed by atoms with Gasteiger partial charge in [-0.05, 0) is 91.7 Å². The van der Waals surface area contributed by atoms with Crippen molar-refractivity contribution in [1.29, 1.82) is 0 Å². The molecule has 0 aliphatic carbocycles.